The third-order valence-corrected chi connectivity index (χ3v) is 6.90. The number of carboxylic acid groups (broad SMARTS) is 1. The lowest BCUT2D eigenvalue weighted by Gasteiger charge is -2.54. The van der Waals surface area contributed by atoms with E-state index in [4.69, 9.17) is 0 Å². The first-order valence-electron chi connectivity index (χ1n) is 9.93. The molecule has 0 radical (unpaired) electrons. The average Bonchev–Trinajstić information content (AvgIpc) is 3.00. The molecule has 6 heteroatoms. The summed E-state index contributed by atoms with van der Waals surface area (Å²) in [6.07, 6.45) is 4.19. The van der Waals surface area contributed by atoms with E-state index in [9.17, 15) is 14.7 Å². The molecule has 27 heavy (non-hydrogen) atoms. The van der Waals surface area contributed by atoms with Crippen molar-refractivity contribution in [1.82, 2.24) is 14.5 Å². The maximum absolute atomic E-state index is 13.1. The standard InChI is InChI=1S/C21H27N3O3/c1-4-13(5-2)23-11-10-14-17(23)12-21(14,3)24-16-9-7-6-8-15(16)22-18(19(24)25)20(26)27/h6-9,13-14,17H,4-5,10-12H2,1-3H3,(H,26,27)/t14?,17-,21+/m1/s1. The number of aromatic carboxylic acids is 1. The van der Waals surface area contributed by atoms with Crippen LogP contribution >= 0.6 is 0 Å². The second kappa shape index (κ2) is 6.44. The monoisotopic (exact) mass is 369 g/mol. The summed E-state index contributed by atoms with van der Waals surface area (Å²) >= 11 is 0. The van der Waals surface area contributed by atoms with Crippen molar-refractivity contribution < 1.29 is 9.90 Å². The van der Waals surface area contributed by atoms with Gasteiger partial charge in [0.15, 0.2) is 0 Å². The molecular formula is C21H27N3O3. The fourth-order valence-electron chi connectivity index (χ4n) is 5.52. The van der Waals surface area contributed by atoms with Crippen molar-refractivity contribution >= 4 is 17.0 Å². The molecule has 144 valence electrons. The average molecular weight is 369 g/mol. The summed E-state index contributed by atoms with van der Waals surface area (Å²) in [6.45, 7) is 7.64. The Morgan fingerprint density at radius 2 is 2.04 bits per heavy atom. The minimum absolute atomic E-state index is 0.364. The summed E-state index contributed by atoms with van der Waals surface area (Å²) < 4.78 is 1.73. The van der Waals surface area contributed by atoms with Crippen LogP contribution in [0.25, 0.3) is 11.0 Å². The van der Waals surface area contributed by atoms with E-state index < -0.39 is 11.5 Å². The molecule has 1 N–H and O–H groups in total. The molecule has 2 aromatic rings. The molecule has 1 unspecified atom stereocenters. The Labute approximate surface area is 158 Å². The second-order valence-corrected chi connectivity index (χ2v) is 8.13. The number of para-hydroxylation sites is 2. The first kappa shape index (κ1) is 18.2. The highest BCUT2D eigenvalue weighted by molar-refractivity contribution is 5.88. The van der Waals surface area contributed by atoms with Crippen molar-refractivity contribution in [2.75, 3.05) is 6.54 Å². The molecule has 0 amide bonds. The van der Waals surface area contributed by atoms with Crippen molar-refractivity contribution in [1.29, 1.82) is 0 Å². The number of rotatable bonds is 5. The van der Waals surface area contributed by atoms with Crippen molar-refractivity contribution in [3.05, 3.63) is 40.3 Å². The summed E-state index contributed by atoms with van der Waals surface area (Å²) in [5, 5.41) is 9.49. The van der Waals surface area contributed by atoms with E-state index in [0.29, 0.717) is 23.5 Å². The van der Waals surface area contributed by atoms with Crippen LogP contribution in [-0.4, -0.2) is 44.2 Å². The summed E-state index contributed by atoms with van der Waals surface area (Å²) in [5.74, 6) is -0.896. The topological polar surface area (TPSA) is 75.4 Å². The number of carboxylic acids is 1. The van der Waals surface area contributed by atoms with Crippen LogP contribution in [0.1, 0.15) is 56.9 Å². The summed E-state index contributed by atoms with van der Waals surface area (Å²) in [5.41, 5.74) is 0.0646. The molecule has 4 rings (SSSR count). The zero-order valence-electron chi connectivity index (χ0n) is 16.2. The van der Waals surface area contributed by atoms with Crippen LogP contribution in [0.15, 0.2) is 29.1 Å². The van der Waals surface area contributed by atoms with Crippen molar-refractivity contribution in [3.63, 3.8) is 0 Å². The predicted molar refractivity (Wildman–Crippen MR) is 104 cm³/mol. The fraction of sp³-hybridized carbons (Fsp3) is 0.571. The van der Waals surface area contributed by atoms with Gasteiger partial charge in [-0.05, 0) is 57.2 Å². The van der Waals surface area contributed by atoms with Gasteiger partial charge in [-0.25, -0.2) is 9.78 Å². The van der Waals surface area contributed by atoms with Gasteiger partial charge in [0.25, 0.3) is 5.56 Å². The lowest BCUT2D eigenvalue weighted by molar-refractivity contribution is -0.0181. The first-order chi connectivity index (χ1) is 12.9. The molecule has 1 saturated heterocycles. The zero-order valence-corrected chi connectivity index (χ0v) is 16.2. The first-order valence-corrected chi connectivity index (χ1v) is 9.93. The minimum atomic E-state index is -1.26. The molecule has 0 bridgehead atoms. The van der Waals surface area contributed by atoms with Crippen LogP contribution in [-0.2, 0) is 5.54 Å². The minimum Gasteiger partial charge on any atom is -0.476 e. The predicted octanol–water partition coefficient (Wildman–Crippen LogP) is 3.09. The number of benzene rings is 1. The van der Waals surface area contributed by atoms with Crippen LogP contribution in [0.2, 0.25) is 0 Å². The number of likely N-dealkylation sites (tertiary alicyclic amines) is 1. The third kappa shape index (κ3) is 2.53. The van der Waals surface area contributed by atoms with E-state index in [0.717, 1.165) is 37.7 Å². The SMILES string of the molecule is CCC(CC)N1CCC2[C@H]1C[C@]2(C)n1c(=O)c(C(=O)O)nc2ccccc21. The van der Waals surface area contributed by atoms with Crippen molar-refractivity contribution in [2.45, 2.75) is 64.1 Å². The van der Waals surface area contributed by atoms with Gasteiger partial charge in [-0.3, -0.25) is 14.3 Å². The van der Waals surface area contributed by atoms with Gasteiger partial charge in [0.2, 0.25) is 5.69 Å². The molecule has 1 saturated carbocycles. The summed E-state index contributed by atoms with van der Waals surface area (Å²) in [4.78, 5) is 31.4. The molecule has 6 nitrogen and oxygen atoms in total. The lowest BCUT2D eigenvalue weighted by Crippen LogP contribution is -2.62. The maximum Gasteiger partial charge on any atom is 0.360 e. The Hall–Kier alpha value is -2.21. The highest BCUT2D eigenvalue weighted by Crippen LogP contribution is 2.53. The van der Waals surface area contributed by atoms with Gasteiger partial charge in [0.05, 0.1) is 16.6 Å². The van der Waals surface area contributed by atoms with Crippen molar-refractivity contribution in [2.24, 2.45) is 5.92 Å². The molecule has 1 aliphatic carbocycles. The van der Waals surface area contributed by atoms with Crippen LogP contribution < -0.4 is 5.56 Å². The normalized spacial score (nSPS) is 27.7. The summed E-state index contributed by atoms with van der Waals surface area (Å²) in [6, 6.07) is 8.43. The van der Waals surface area contributed by atoms with Gasteiger partial charge < -0.3 is 5.11 Å². The van der Waals surface area contributed by atoms with Crippen LogP contribution in [0.4, 0.5) is 0 Å². The molecular weight excluding hydrogens is 342 g/mol. The van der Waals surface area contributed by atoms with Crippen LogP contribution in [0, 0.1) is 5.92 Å². The van der Waals surface area contributed by atoms with E-state index in [1.807, 2.05) is 18.2 Å². The number of carbonyl (C=O) groups is 1. The molecule has 1 aliphatic heterocycles. The quantitative estimate of drug-likeness (QED) is 0.876. The van der Waals surface area contributed by atoms with Gasteiger partial charge in [0, 0.05) is 12.1 Å². The van der Waals surface area contributed by atoms with E-state index >= 15 is 0 Å². The second-order valence-electron chi connectivity index (χ2n) is 8.13. The summed E-state index contributed by atoms with van der Waals surface area (Å²) in [7, 11) is 0. The van der Waals surface area contributed by atoms with Gasteiger partial charge >= 0.3 is 5.97 Å². The van der Waals surface area contributed by atoms with Gasteiger partial charge in [0.1, 0.15) is 0 Å². The third-order valence-electron chi connectivity index (χ3n) is 6.90. The molecule has 0 spiro atoms. The molecule has 2 heterocycles. The highest BCUT2D eigenvalue weighted by atomic mass is 16.4. The number of aromatic nitrogens is 2. The number of hydrogen-bond acceptors (Lipinski definition) is 4. The fourth-order valence-corrected chi connectivity index (χ4v) is 5.52. The Kier molecular flexibility index (Phi) is 4.34. The van der Waals surface area contributed by atoms with Crippen LogP contribution in [0.5, 0.6) is 0 Å². The van der Waals surface area contributed by atoms with Crippen molar-refractivity contribution in [3.8, 4) is 0 Å². The molecule has 1 aromatic carbocycles. The Morgan fingerprint density at radius 1 is 1.33 bits per heavy atom. The number of nitrogens with zero attached hydrogens (tertiary/aromatic N) is 3. The molecule has 2 aliphatic rings. The Morgan fingerprint density at radius 3 is 2.70 bits per heavy atom. The van der Waals surface area contributed by atoms with Gasteiger partial charge in [-0.1, -0.05) is 26.0 Å². The molecule has 1 aromatic heterocycles. The zero-order chi connectivity index (χ0) is 19.3. The van der Waals surface area contributed by atoms with Gasteiger partial charge in [-0.15, -0.1) is 0 Å². The Balaban J connectivity index is 1.81. The molecule has 2 fully saturated rings. The highest BCUT2D eigenvalue weighted by Gasteiger charge is 2.58. The van der Waals surface area contributed by atoms with E-state index in [1.165, 1.54) is 0 Å². The van der Waals surface area contributed by atoms with E-state index in [1.54, 1.807) is 10.6 Å². The number of hydrogen-bond donors (Lipinski definition) is 1. The molecule has 3 atom stereocenters. The number of fused-ring (bicyclic) bond motifs is 2. The van der Waals surface area contributed by atoms with Crippen LogP contribution in [0.3, 0.4) is 0 Å². The smallest absolute Gasteiger partial charge is 0.360 e. The maximum atomic E-state index is 13.1. The Bertz CT molecular complexity index is 949. The van der Waals surface area contributed by atoms with Gasteiger partial charge in [-0.2, -0.15) is 0 Å². The lowest BCUT2D eigenvalue weighted by atomic mass is 9.63. The van der Waals surface area contributed by atoms with E-state index in [2.05, 4.69) is 30.7 Å². The largest absolute Gasteiger partial charge is 0.476 e. The van der Waals surface area contributed by atoms with E-state index in [-0.39, 0.29) is 11.2 Å².